The van der Waals surface area contributed by atoms with Crippen molar-refractivity contribution in [1.82, 2.24) is 10.2 Å². The molecule has 1 N–H and O–H groups in total. The smallest absolute Gasteiger partial charge is 0.264 e. The summed E-state index contributed by atoms with van der Waals surface area (Å²) in [6.45, 7) is 7.37. The number of rotatable bonds is 12. The van der Waals surface area contributed by atoms with Crippen molar-refractivity contribution >= 4 is 39.1 Å². The topological polar surface area (TPSA) is 96.0 Å². The van der Waals surface area contributed by atoms with Crippen LogP contribution in [-0.4, -0.2) is 51.4 Å². The van der Waals surface area contributed by atoms with Gasteiger partial charge in [0.05, 0.1) is 17.7 Å². The number of hydrogen-bond acceptors (Lipinski definition) is 5. The molecule has 0 saturated carbocycles. The van der Waals surface area contributed by atoms with Crippen molar-refractivity contribution in [2.75, 3.05) is 24.5 Å². The molecule has 0 bridgehead atoms. The van der Waals surface area contributed by atoms with Crippen LogP contribution in [0.3, 0.4) is 0 Å². The van der Waals surface area contributed by atoms with Gasteiger partial charge >= 0.3 is 0 Å². The highest BCUT2D eigenvalue weighted by molar-refractivity contribution is 7.92. The van der Waals surface area contributed by atoms with E-state index < -0.39 is 28.5 Å². The average Bonchev–Trinajstić information content (AvgIpc) is 2.91. The standard InChI is InChI=1S/C30H36ClN3O5S/c1-6-26(30(36)32-7-2)33(19-23-10-8-9-22(4)17-23)29(35)20-34(27-18-24(31)13-16-28(27)39-5)40(37,38)25-14-11-21(3)12-15-25/h8-18,26H,6-7,19-20H2,1-5H3,(H,32,36)/t26-/m0/s1. The SMILES string of the molecule is CCNC(=O)[C@H](CC)N(Cc1cccc(C)c1)C(=O)CN(c1cc(Cl)ccc1OC)S(=O)(=O)c1ccc(C)cc1. The van der Waals surface area contributed by atoms with Gasteiger partial charge < -0.3 is 15.0 Å². The summed E-state index contributed by atoms with van der Waals surface area (Å²) in [7, 11) is -2.83. The fourth-order valence-electron chi connectivity index (χ4n) is 4.43. The number of halogens is 1. The maximum atomic E-state index is 14.1. The first kappa shape index (κ1) is 31.0. The Balaban J connectivity index is 2.13. The molecule has 0 fully saturated rings. The van der Waals surface area contributed by atoms with Crippen molar-refractivity contribution in [1.29, 1.82) is 0 Å². The molecule has 40 heavy (non-hydrogen) atoms. The van der Waals surface area contributed by atoms with Crippen molar-refractivity contribution in [3.63, 3.8) is 0 Å². The van der Waals surface area contributed by atoms with Gasteiger partial charge in [0, 0.05) is 18.1 Å². The highest BCUT2D eigenvalue weighted by Gasteiger charge is 2.34. The zero-order valence-electron chi connectivity index (χ0n) is 23.5. The normalized spacial score (nSPS) is 11.9. The summed E-state index contributed by atoms with van der Waals surface area (Å²) in [5, 5.41) is 3.07. The van der Waals surface area contributed by atoms with Gasteiger partial charge in [-0.2, -0.15) is 0 Å². The molecule has 3 rings (SSSR count). The summed E-state index contributed by atoms with van der Waals surface area (Å²) >= 11 is 6.28. The second-order valence-electron chi connectivity index (χ2n) is 9.47. The molecule has 3 aromatic rings. The maximum Gasteiger partial charge on any atom is 0.264 e. The number of nitrogens with one attached hydrogen (secondary N) is 1. The minimum absolute atomic E-state index is 0.00827. The molecular formula is C30H36ClN3O5S. The summed E-state index contributed by atoms with van der Waals surface area (Å²) in [5.41, 5.74) is 2.83. The summed E-state index contributed by atoms with van der Waals surface area (Å²) < 4.78 is 34.5. The summed E-state index contributed by atoms with van der Waals surface area (Å²) in [6.07, 6.45) is 0.342. The van der Waals surface area contributed by atoms with Crippen molar-refractivity contribution in [2.24, 2.45) is 0 Å². The van der Waals surface area contributed by atoms with Crippen molar-refractivity contribution in [2.45, 2.75) is 51.6 Å². The number of methoxy groups -OCH3 is 1. The fourth-order valence-corrected chi connectivity index (χ4v) is 6.01. The molecule has 0 radical (unpaired) electrons. The lowest BCUT2D eigenvalue weighted by molar-refractivity contribution is -0.140. The number of sulfonamides is 1. The number of hydrogen-bond donors (Lipinski definition) is 1. The highest BCUT2D eigenvalue weighted by Crippen LogP contribution is 2.35. The number of anilines is 1. The van der Waals surface area contributed by atoms with Gasteiger partial charge in [-0.25, -0.2) is 8.42 Å². The van der Waals surface area contributed by atoms with E-state index in [1.807, 2.05) is 45.0 Å². The van der Waals surface area contributed by atoms with E-state index >= 15 is 0 Å². The second kappa shape index (κ2) is 13.7. The number of amides is 2. The molecular weight excluding hydrogens is 550 g/mol. The van der Waals surface area contributed by atoms with Gasteiger partial charge in [0.1, 0.15) is 18.3 Å². The van der Waals surface area contributed by atoms with Gasteiger partial charge in [0.15, 0.2) is 0 Å². The molecule has 0 unspecified atom stereocenters. The number of carbonyl (C=O) groups is 2. The van der Waals surface area contributed by atoms with Crippen LogP contribution in [0, 0.1) is 13.8 Å². The van der Waals surface area contributed by atoms with E-state index in [4.69, 9.17) is 16.3 Å². The quantitative estimate of drug-likeness (QED) is 0.319. The van der Waals surface area contributed by atoms with Crippen molar-refractivity contribution in [3.8, 4) is 5.75 Å². The largest absolute Gasteiger partial charge is 0.495 e. The Hall–Kier alpha value is -3.56. The lowest BCUT2D eigenvalue weighted by atomic mass is 10.1. The van der Waals surface area contributed by atoms with E-state index in [9.17, 15) is 18.0 Å². The molecule has 0 spiro atoms. The lowest BCUT2D eigenvalue weighted by Gasteiger charge is -2.33. The van der Waals surface area contributed by atoms with E-state index in [1.165, 1.54) is 30.2 Å². The van der Waals surface area contributed by atoms with Crippen LogP contribution in [0.1, 0.15) is 37.0 Å². The second-order valence-corrected chi connectivity index (χ2v) is 11.8. The summed E-state index contributed by atoms with van der Waals surface area (Å²) in [4.78, 5) is 28.6. The molecule has 214 valence electrons. The van der Waals surface area contributed by atoms with Crippen LogP contribution in [0.5, 0.6) is 5.75 Å². The van der Waals surface area contributed by atoms with Crippen LogP contribution >= 0.6 is 11.6 Å². The summed E-state index contributed by atoms with van der Waals surface area (Å²) in [5.74, 6) is -0.620. The first-order valence-electron chi connectivity index (χ1n) is 13.1. The Bertz CT molecular complexity index is 1440. The molecule has 0 aliphatic heterocycles. The Morgan fingerprint density at radius 3 is 2.27 bits per heavy atom. The van der Waals surface area contributed by atoms with Gasteiger partial charge in [-0.1, -0.05) is 66.0 Å². The Morgan fingerprint density at radius 2 is 1.68 bits per heavy atom. The first-order valence-corrected chi connectivity index (χ1v) is 14.9. The first-order chi connectivity index (χ1) is 19.0. The number of aryl methyl sites for hydroxylation is 2. The van der Waals surface area contributed by atoms with Crippen LogP contribution in [0.25, 0.3) is 0 Å². The third kappa shape index (κ3) is 7.34. The zero-order valence-corrected chi connectivity index (χ0v) is 25.1. The van der Waals surface area contributed by atoms with Crippen molar-refractivity contribution < 1.29 is 22.7 Å². The van der Waals surface area contributed by atoms with Gasteiger partial charge in [0.2, 0.25) is 11.8 Å². The Kier molecular flexibility index (Phi) is 10.6. The number of carbonyl (C=O) groups excluding carboxylic acids is 2. The molecule has 10 heteroatoms. The summed E-state index contributed by atoms with van der Waals surface area (Å²) in [6, 6.07) is 17.8. The van der Waals surface area contributed by atoms with E-state index in [2.05, 4.69) is 5.32 Å². The molecule has 2 amide bonds. The third-order valence-electron chi connectivity index (χ3n) is 6.47. The molecule has 3 aromatic carbocycles. The molecule has 0 aliphatic rings. The number of ether oxygens (including phenoxy) is 1. The van der Waals surface area contributed by atoms with E-state index in [0.717, 1.165) is 21.0 Å². The number of nitrogens with zero attached hydrogens (tertiary/aromatic N) is 2. The van der Waals surface area contributed by atoms with Gasteiger partial charge in [0.25, 0.3) is 10.0 Å². The Labute approximate surface area is 241 Å². The van der Waals surface area contributed by atoms with Gasteiger partial charge in [-0.3, -0.25) is 13.9 Å². The van der Waals surface area contributed by atoms with Crippen LogP contribution in [0.4, 0.5) is 5.69 Å². The predicted molar refractivity (Wildman–Crippen MR) is 158 cm³/mol. The number of likely N-dealkylation sites (N-methyl/N-ethyl adjacent to an activating group) is 1. The molecule has 0 aromatic heterocycles. The van der Waals surface area contributed by atoms with Crippen LogP contribution in [0.15, 0.2) is 71.6 Å². The number of benzene rings is 3. The molecule has 0 saturated heterocycles. The minimum Gasteiger partial charge on any atom is -0.495 e. The average molecular weight is 586 g/mol. The van der Waals surface area contributed by atoms with E-state index in [0.29, 0.717) is 13.0 Å². The Morgan fingerprint density at radius 1 is 0.975 bits per heavy atom. The highest BCUT2D eigenvalue weighted by atomic mass is 35.5. The monoisotopic (exact) mass is 585 g/mol. The third-order valence-corrected chi connectivity index (χ3v) is 8.48. The van der Waals surface area contributed by atoms with E-state index in [1.54, 1.807) is 31.2 Å². The van der Waals surface area contributed by atoms with E-state index in [-0.39, 0.29) is 33.8 Å². The fraction of sp³-hybridized carbons (Fsp3) is 0.333. The van der Waals surface area contributed by atoms with Crippen LogP contribution < -0.4 is 14.4 Å². The van der Waals surface area contributed by atoms with Crippen LogP contribution in [-0.2, 0) is 26.2 Å². The van der Waals surface area contributed by atoms with Crippen LogP contribution in [0.2, 0.25) is 5.02 Å². The minimum atomic E-state index is -4.24. The molecule has 0 heterocycles. The van der Waals surface area contributed by atoms with Crippen molar-refractivity contribution in [3.05, 3.63) is 88.4 Å². The van der Waals surface area contributed by atoms with Gasteiger partial charge in [-0.15, -0.1) is 0 Å². The maximum absolute atomic E-state index is 14.1. The van der Waals surface area contributed by atoms with Gasteiger partial charge in [-0.05, 0) is 63.1 Å². The zero-order chi connectivity index (χ0) is 29.4. The molecule has 1 atom stereocenters. The molecule has 8 nitrogen and oxygen atoms in total. The lowest BCUT2D eigenvalue weighted by Crippen LogP contribution is -2.52. The predicted octanol–water partition coefficient (Wildman–Crippen LogP) is 5.10. The molecule has 0 aliphatic carbocycles.